The first-order valence-corrected chi connectivity index (χ1v) is 6.75. The van der Waals surface area contributed by atoms with E-state index in [0.29, 0.717) is 6.61 Å². The molecule has 1 heterocycles. The van der Waals surface area contributed by atoms with Gasteiger partial charge in [0.2, 0.25) is 5.78 Å². The number of carbonyl (C=O) groups excluding carboxylic acids is 2. The molecule has 1 saturated heterocycles. The molecule has 0 aromatic heterocycles. The Hall–Kier alpha value is -2.30. The van der Waals surface area contributed by atoms with Crippen molar-refractivity contribution in [1.29, 1.82) is 0 Å². The van der Waals surface area contributed by atoms with Gasteiger partial charge in [0, 0.05) is 6.92 Å². The molecule has 1 fully saturated rings. The minimum atomic E-state index is -0.646. The number of Topliss-reactive ketones (excluding diaryl/α,β-unsaturated/α-hetero) is 1. The third-order valence-electron chi connectivity index (χ3n) is 2.47. The molecule has 0 aromatic carbocycles. The first-order chi connectivity index (χ1) is 10.1. The van der Waals surface area contributed by atoms with E-state index in [1.165, 1.54) is 6.92 Å². The van der Waals surface area contributed by atoms with Gasteiger partial charge in [0.25, 0.3) is 0 Å². The second-order valence-corrected chi connectivity index (χ2v) is 4.38. The minimum absolute atomic E-state index is 0.270. The molecule has 0 saturated carbocycles. The van der Waals surface area contributed by atoms with E-state index in [9.17, 15) is 9.59 Å². The molecule has 2 unspecified atom stereocenters. The third-order valence-corrected chi connectivity index (χ3v) is 2.47. The van der Waals surface area contributed by atoms with Crippen molar-refractivity contribution in [2.45, 2.75) is 38.4 Å². The van der Waals surface area contributed by atoms with Crippen molar-refractivity contribution >= 4 is 11.8 Å². The average molecular weight is 286 g/mol. The average Bonchev–Trinajstić information content (AvgIpc) is 3.26. The molecule has 0 radical (unpaired) electrons. The van der Waals surface area contributed by atoms with Gasteiger partial charge in [-0.05, 0) is 49.0 Å². The largest absolute Gasteiger partial charge is 0.445 e. The van der Waals surface area contributed by atoms with Crippen LogP contribution in [0.15, 0.2) is 24.8 Å². The molecular weight excluding hydrogens is 268 g/mol. The van der Waals surface area contributed by atoms with Crippen molar-refractivity contribution < 1.29 is 19.1 Å². The van der Waals surface area contributed by atoms with Crippen LogP contribution in [0, 0.1) is 23.7 Å². The monoisotopic (exact) mass is 286 g/mol. The van der Waals surface area contributed by atoms with Crippen LogP contribution < -0.4 is 0 Å². The highest BCUT2D eigenvalue weighted by atomic mass is 16.6. The van der Waals surface area contributed by atoms with Crippen molar-refractivity contribution in [1.82, 2.24) is 0 Å². The molecule has 0 aromatic rings. The molecule has 1 rings (SSSR count). The first-order valence-electron chi connectivity index (χ1n) is 6.75. The Morgan fingerprint density at radius 3 is 2.81 bits per heavy atom. The van der Waals surface area contributed by atoms with Crippen LogP contribution in [0.25, 0.3) is 0 Å². The summed E-state index contributed by atoms with van der Waals surface area (Å²) in [5, 5.41) is 0. The molecule has 0 aliphatic carbocycles. The van der Waals surface area contributed by atoms with Crippen LogP contribution in [0.1, 0.15) is 26.2 Å². The van der Waals surface area contributed by atoms with Crippen molar-refractivity contribution in [3.8, 4) is 23.7 Å². The number of esters is 1. The zero-order valence-electron chi connectivity index (χ0n) is 12.1. The van der Waals surface area contributed by atoms with E-state index >= 15 is 0 Å². The van der Waals surface area contributed by atoms with Crippen LogP contribution >= 0.6 is 0 Å². The van der Waals surface area contributed by atoms with Gasteiger partial charge in [-0.2, -0.15) is 0 Å². The predicted molar refractivity (Wildman–Crippen MR) is 79.0 cm³/mol. The van der Waals surface area contributed by atoms with E-state index in [0.717, 1.165) is 19.3 Å². The normalized spacial score (nSPS) is 16.9. The van der Waals surface area contributed by atoms with Crippen LogP contribution in [-0.4, -0.2) is 30.6 Å². The predicted octanol–water partition coefficient (Wildman–Crippen LogP) is 1.81. The molecular formula is C17H18O4. The molecule has 4 heteroatoms. The number of carbonyl (C=O) groups is 2. The molecule has 21 heavy (non-hydrogen) atoms. The van der Waals surface area contributed by atoms with Crippen LogP contribution in [0.3, 0.4) is 0 Å². The van der Waals surface area contributed by atoms with E-state index in [1.807, 2.05) is 12.2 Å². The number of ketones is 1. The fraction of sp³-hybridized carbons (Fsp3) is 0.412. The first kappa shape index (κ1) is 16.8. The lowest BCUT2D eigenvalue weighted by molar-refractivity contribution is -0.142. The zero-order valence-corrected chi connectivity index (χ0v) is 12.1. The maximum absolute atomic E-state index is 11.2. The van der Waals surface area contributed by atoms with E-state index in [2.05, 4.69) is 30.3 Å². The number of hydrogen-bond acceptors (Lipinski definition) is 4. The second-order valence-electron chi connectivity index (χ2n) is 4.38. The number of allylic oxidation sites excluding steroid dienone is 2. The van der Waals surface area contributed by atoms with Crippen LogP contribution in [0.2, 0.25) is 0 Å². The maximum Gasteiger partial charge on any atom is 0.304 e. The Bertz CT molecular complexity index is 533. The Labute approximate surface area is 125 Å². The maximum atomic E-state index is 11.2. The molecule has 0 bridgehead atoms. The van der Waals surface area contributed by atoms with Crippen molar-refractivity contribution in [2.75, 3.05) is 6.61 Å². The molecule has 0 N–H and O–H groups in total. The summed E-state index contributed by atoms with van der Waals surface area (Å²) < 4.78 is 9.83. The highest BCUT2D eigenvalue weighted by Gasteiger charge is 2.29. The molecule has 0 spiro atoms. The number of rotatable bonds is 7. The second kappa shape index (κ2) is 9.58. The number of unbranched alkanes of at least 4 members (excludes halogenated alkanes) is 2. The molecule has 4 nitrogen and oxygen atoms in total. The van der Waals surface area contributed by atoms with Crippen LogP contribution in [-0.2, 0) is 19.1 Å². The third kappa shape index (κ3) is 8.47. The Balaban J connectivity index is 2.50. The number of ether oxygens (including phenoxy) is 2. The SMILES string of the molecule is C=CCCC/C=C/C(C#CC#CC(=O)C1CO1)OC(C)=O. The fourth-order valence-corrected chi connectivity index (χ4v) is 1.38. The molecule has 2 atom stereocenters. The minimum Gasteiger partial charge on any atom is -0.445 e. The topological polar surface area (TPSA) is 55.9 Å². The lowest BCUT2D eigenvalue weighted by Gasteiger charge is -2.04. The lowest BCUT2D eigenvalue weighted by atomic mass is 10.2. The van der Waals surface area contributed by atoms with Gasteiger partial charge in [-0.3, -0.25) is 9.59 Å². The molecule has 110 valence electrons. The quantitative estimate of drug-likeness (QED) is 0.179. The van der Waals surface area contributed by atoms with E-state index in [-0.39, 0.29) is 11.9 Å². The highest BCUT2D eigenvalue weighted by Crippen LogP contribution is 2.08. The van der Waals surface area contributed by atoms with E-state index in [4.69, 9.17) is 9.47 Å². The van der Waals surface area contributed by atoms with Gasteiger partial charge in [0.15, 0.2) is 12.2 Å². The fourth-order valence-electron chi connectivity index (χ4n) is 1.38. The van der Waals surface area contributed by atoms with Gasteiger partial charge >= 0.3 is 5.97 Å². The summed E-state index contributed by atoms with van der Waals surface area (Å²) in [5.41, 5.74) is 0. The van der Waals surface area contributed by atoms with Crippen molar-refractivity contribution in [2.24, 2.45) is 0 Å². The Morgan fingerprint density at radius 1 is 1.43 bits per heavy atom. The summed E-state index contributed by atoms with van der Waals surface area (Å²) >= 11 is 0. The summed E-state index contributed by atoms with van der Waals surface area (Å²) in [7, 11) is 0. The summed E-state index contributed by atoms with van der Waals surface area (Å²) in [4.78, 5) is 22.2. The number of epoxide rings is 1. The van der Waals surface area contributed by atoms with Crippen LogP contribution in [0.5, 0.6) is 0 Å². The molecule has 1 aliphatic heterocycles. The number of hydrogen-bond donors (Lipinski definition) is 0. The van der Waals surface area contributed by atoms with Crippen LogP contribution in [0.4, 0.5) is 0 Å². The Morgan fingerprint density at radius 2 is 2.19 bits per heavy atom. The van der Waals surface area contributed by atoms with Crippen molar-refractivity contribution in [3.63, 3.8) is 0 Å². The lowest BCUT2D eigenvalue weighted by Crippen LogP contribution is -2.11. The van der Waals surface area contributed by atoms with E-state index < -0.39 is 12.1 Å². The van der Waals surface area contributed by atoms with Gasteiger partial charge in [-0.25, -0.2) is 0 Å². The smallest absolute Gasteiger partial charge is 0.304 e. The van der Waals surface area contributed by atoms with Gasteiger partial charge in [0.1, 0.15) is 0 Å². The molecule has 1 aliphatic rings. The van der Waals surface area contributed by atoms with Gasteiger partial charge in [0.05, 0.1) is 6.61 Å². The van der Waals surface area contributed by atoms with Gasteiger partial charge < -0.3 is 9.47 Å². The zero-order chi connectivity index (χ0) is 15.5. The van der Waals surface area contributed by atoms with Gasteiger partial charge in [-0.1, -0.05) is 12.2 Å². The summed E-state index contributed by atoms with van der Waals surface area (Å²) in [5.74, 6) is 9.34. The molecule has 0 amide bonds. The Kier molecular flexibility index (Phi) is 7.64. The van der Waals surface area contributed by atoms with E-state index in [1.54, 1.807) is 6.08 Å². The highest BCUT2D eigenvalue weighted by molar-refractivity contribution is 6.00. The summed E-state index contributed by atoms with van der Waals surface area (Å²) in [6.07, 6.45) is 7.22. The van der Waals surface area contributed by atoms with Crippen molar-refractivity contribution in [3.05, 3.63) is 24.8 Å². The standard InChI is InChI=1S/C17H18O4/c1-3-4-5-6-7-10-15(21-14(2)18)11-8-9-12-16(19)17-13-20-17/h3,7,10,15,17H,1,4-6,13H2,2H3/b10-7+. The van der Waals surface area contributed by atoms with Gasteiger partial charge in [-0.15, -0.1) is 6.58 Å². The summed E-state index contributed by atoms with van der Waals surface area (Å²) in [6.45, 7) is 5.40. The summed E-state index contributed by atoms with van der Waals surface area (Å²) in [6, 6.07) is 0.